The van der Waals surface area contributed by atoms with Crippen LogP contribution >= 0.6 is 0 Å². The third-order valence-electron chi connectivity index (χ3n) is 4.72. The Kier molecular flexibility index (Phi) is 3.91. The van der Waals surface area contributed by atoms with Crippen LogP contribution in [0.5, 0.6) is 0 Å². The van der Waals surface area contributed by atoms with Crippen molar-refractivity contribution in [2.24, 2.45) is 17.3 Å². The van der Waals surface area contributed by atoms with Crippen molar-refractivity contribution in [1.82, 2.24) is 0 Å². The van der Waals surface area contributed by atoms with Crippen molar-refractivity contribution in [3.8, 4) is 0 Å². The molecule has 0 aromatic heterocycles. The summed E-state index contributed by atoms with van der Waals surface area (Å²) < 4.78 is 5.37. The average molecular weight is 226 g/mol. The molecule has 1 heterocycles. The van der Waals surface area contributed by atoms with Crippen molar-refractivity contribution in [1.29, 1.82) is 0 Å². The molecule has 16 heavy (non-hydrogen) atoms. The molecule has 1 saturated carbocycles. The van der Waals surface area contributed by atoms with Gasteiger partial charge in [0, 0.05) is 13.2 Å². The lowest BCUT2D eigenvalue weighted by atomic mass is 9.76. The van der Waals surface area contributed by atoms with E-state index in [-0.39, 0.29) is 6.10 Å². The summed E-state index contributed by atoms with van der Waals surface area (Å²) >= 11 is 0. The van der Waals surface area contributed by atoms with E-state index in [2.05, 4.69) is 13.8 Å². The van der Waals surface area contributed by atoms with Crippen molar-refractivity contribution in [3.05, 3.63) is 0 Å². The van der Waals surface area contributed by atoms with E-state index < -0.39 is 0 Å². The SMILES string of the molecule is CC1(C)CCCC1C(O)CC1CCOCC1. The molecule has 0 bridgehead atoms. The number of aliphatic hydroxyl groups excluding tert-OH is 1. The number of hydrogen-bond acceptors (Lipinski definition) is 2. The van der Waals surface area contributed by atoms with Crippen molar-refractivity contribution in [3.63, 3.8) is 0 Å². The molecule has 2 rings (SSSR count). The summed E-state index contributed by atoms with van der Waals surface area (Å²) in [6.45, 7) is 6.42. The van der Waals surface area contributed by atoms with Crippen molar-refractivity contribution in [2.45, 2.75) is 58.5 Å². The lowest BCUT2D eigenvalue weighted by Crippen LogP contribution is -2.32. The topological polar surface area (TPSA) is 29.5 Å². The van der Waals surface area contributed by atoms with E-state index in [9.17, 15) is 5.11 Å². The fourth-order valence-corrected chi connectivity index (χ4v) is 3.55. The van der Waals surface area contributed by atoms with Crippen LogP contribution in [0, 0.1) is 17.3 Å². The standard InChI is InChI=1S/C14H26O2/c1-14(2)7-3-4-12(14)13(15)10-11-5-8-16-9-6-11/h11-13,15H,3-10H2,1-2H3. The van der Waals surface area contributed by atoms with Gasteiger partial charge >= 0.3 is 0 Å². The predicted molar refractivity (Wildman–Crippen MR) is 65.3 cm³/mol. The Bertz CT molecular complexity index is 219. The molecular weight excluding hydrogens is 200 g/mol. The number of rotatable bonds is 3. The minimum absolute atomic E-state index is 0.0828. The van der Waals surface area contributed by atoms with E-state index in [0.29, 0.717) is 17.3 Å². The van der Waals surface area contributed by atoms with Crippen LogP contribution in [0.25, 0.3) is 0 Å². The summed E-state index contributed by atoms with van der Waals surface area (Å²) in [5.41, 5.74) is 0.352. The first-order chi connectivity index (χ1) is 7.59. The number of aliphatic hydroxyl groups is 1. The highest BCUT2D eigenvalue weighted by molar-refractivity contribution is 4.89. The highest BCUT2D eigenvalue weighted by Gasteiger charge is 2.39. The molecule has 0 aromatic rings. The molecule has 2 aliphatic rings. The zero-order chi connectivity index (χ0) is 11.6. The van der Waals surface area contributed by atoms with Gasteiger partial charge in [0.1, 0.15) is 0 Å². The van der Waals surface area contributed by atoms with Crippen LogP contribution in [-0.2, 0) is 4.74 Å². The summed E-state index contributed by atoms with van der Waals surface area (Å²) in [4.78, 5) is 0. The van der Waals surface area contributed by atoms with Crippen molar-refractivity contribution < 1.29 is 9.84 Å². The van der Waals surface area contributed by atoms with Crippen LogP contribution < -0.4 is 0 Å². The monoisotopic (exact) mass is 226 g/mol. The molecule has 2 fully saturated rings. The maximum atomic E-state index is 10.4. The maximum Gasteiger partial charge on any atom is 0.0576 e. The molecule has 2 heteroatoms. The van der Waals surface area contributed by atoms with E-state index in [0.717, 1.165) is 32.5 Å². The van der Waals surface area contributed by atoms with Gasteiger partial charge in [0.25, 0.3) is 0 Å². The van der Waals surface area contributed by atoms with Gasteiger partial charge in [-0.3, -0.25) is 0 Å². The third-order valence-corrected chi connectivity index (χ3v) is 4.72. The van der Waals surface area contributed by atoms with Gasteiger partial charge in [0.05, 0.1) is 6.10 Å². The molecule has 0 spiro atoms. The van der Waals surface area contributed by atoms with Crippen molar-refractivity contribution >= 4 is 0 Å². The molecular formula is C14H26O2. The van der Waals surface area contributed by atoms with E-state index in [1.165, 1.54) is 19.3 Å². The molecule has 1 saturated heterocycles. The van der Waals surface area contributed by atoms with E-state index >= 15 is 0 Å². The molecule has 0 radical (unpaired) electrons. The van der Waals surface area contributed by atoms with Crippen LogP contribution in [0.1, 0.15) is 52.4 Å². The van der Waals surface area contributed by atoms with E-state index in [1.54, 1.807) is 0 Å². The van der Waals surface area contributed by atoms with Gasteiger partial charge in [0.15, 0.2) is 0 Å². The van der Waals surface area contributed by atoms with E-state index in [4.69, 9.17) is 4.74 Å². The van der Waals surface area contributed by atoms with Crippen LogP contribution in [0.2, 0.25) is 0 Å². The highest BCUT2D eigenvalue weighted by atomic mass is 16.5. The van der Waals surface area contributed by atoms with Gasteiger partial charge < -0.3 is 9.84 Å². The maximum absolute atomic E-state index is 10.4. The summed E-state index contributed by atoms with van der Waals surface area (Å²) in [6, 6.07) is 0. The highest BCUT2D eigenvalue weighted by Crippen LogP contribution is 2.45. The van der Waals surface area contributed by atoms with Gasteiger partial charge in [-0.25, -0.2) is 0 Å². The fraction of sp³-hybridized carbons (Fsp3) is 1.00. The Balaban J connectivity index is 1.84. The zero-order valence-electron chi connectivity index (χ0n) is 10.7. The first kappa shape index (κ1) is 12.4. The number of ether oxygens (including phenoxy) is 1. The molecule has 2 unspecified atom stereocenters. The Labute approximate surface area is 99.4 Å². The normalized spacial score (nSPS) is 32.8. The second-order valence-electron chi connectivity index (χ2n) is 6.35. The molecule has 1 N–H and O–H groups in total. The molecule has 0 aromatic carbocycles. The van der Waals surface area contributed by atoms with Gasteiger partial charge in [-0.15, -0.1) is 0 Å². The second kappa shape index (κ2) is 5.05. The minimum Gasteiger partial charge on any atom is -0.393 e. The smallest absolute Gasteiger partial charge is 0.0576 e. The van der Waals surface area contributed by atoms with Gasteiger partial charge in [-0.05, 0) is 49.4 Å². The third kappa shape index (κ3) is 2.78. The molecule has 2 nitrogen and oxygen atoms in total. The predicted octanol–water partition coefficient (Wildman–Crippen LogP) is 2.99. The van der Waals surface area contributed by atoms with Gasteiger partial charge in [-0.2, -0.15) is 0 Å². The zero-order valence-corrected chi connectivity index (χ0v) is 10.7. The van der Waals surface area contributed by atoms with Gasteiger partial charge in [0.2, 0.25) is 0 Å². The van der Waals surface area contributed by atoms with Crippen LogP contribution in [0.4, 0.5) is 0 Å². The van der Waals surface area contributed by atoms with Gasteiger partial charge in [-0.1, -0.05) is 20.3 Å². The lowest BCUT2D eigenvalue weighted by Gasteiger charge is -2.34. The quantitative estimate of drug-likeness (QED) is 0.801. The van der Waals surface area contributed by atoms with Crippen LogP contribution in [0.3, 0.4) is 0 Å². The van der Waals surface area contributed by atoms with Crippen LogP contribution in [0.15, 0.2) is 0 Å². The van der Waals surface area contributed by atoms with Crippen LogP contribution in [-0.4, -0.2) is 24.4 Å². The summed E-state index contributed by atoms with van der Waals surface area (Å²) in [5, 5.41) is 10.4. The molecule has 94 valence electrons. The largest absolute Gasteiger partial charge is 0.393 e. The Morgan fingerprint density at radius 3 is 2.50 bits per heavy atom. The summed E-state index contributed by atoms with van der Waals surface area (Å²) in [6.07, 6.45) is 6.99. The second-order valence-corrected chi connectivity index (χ2v) is 6.35. The minimum atomic E-state index is -0.0828. The van der Waals surface area contributed by atoms with Crippen molar-refractivity contribution in [2.75, 3.05) is 13.2 Å². The first-order valence-corrected chi connectivity index (χ1v) is 6.85. The molecule has 1 aliphatic heterocycles. The Morgan fingerprint density at radius 2 is 1.94 bits per heavy atom. The van der Waals surface area contributed by atoms with E-state index in [1.807, 2.05) is 0 Å². The number of hydrogen-bond donors (Lipinski definition) is 1. The summed E-state index contributed by atoms with van der Waals surface area (Å²) in [7, 11) is 0. The molecule has 0 amide bonds. The Hall–Kier alpha value is -0.0800. The Morgan fingerprint density at radius 1 is 1.25 bits per heavy atom. The molecule has 2 atom stereocenters. The molecule has 1 aliphatic carbocycles. The first-order valence-electron chi connectivity index (χ1n) is 6.85. The summed E-state index contributed by atoms with van der Waals surface area (Å²) in [5.74, 6) is 1.22. The fourth-order valence-electron chi connectivity index (χ4n) is 3.55. The average Bonchev–Trinajstić information content (AvgIpc) is 2.59. The lowest BCUT2D eigenvalue weighted by molar-refractivity contribution is 0.00660.